The Morgan fingerprint density at radius 1 is 1.25 bits per heavy atom. The first-order valence-electron chi connectivity index (χ1n) is 5.23. The van der Waals surface area contributed by atoms with Gasteiger partial charge in [0.15, 0.2) is 0 Å². The SMILES string of the molecule is CCCC(C)c1ccc(F)c(C(F)(F)F)c1. The van der Waals surface area contributed by atoms with Crippen LogP contribution in [0.15, 0.2) is 18.2 Å². The second kappa shape index (κ2) is 4.85. The molecular weight excluding hydrogens is 220 g/mol. The zero-order chi connectivity index (χ0) is 12.3. The van der Waals surface area contributed by atoms with Gasteiger partial charge in [-0.3, -0.25) is 0 Å². The maximum absolute atomic E-state index is 13.0. The lowest BCUT2D eigenvalue weighted by Crippen LogP contribution is -2.09. The molecule has 1 atom stereocenters. The Labute approximate surface area is 92.3 Å². The fourth-order valence-corrected chi connectivity index (χ4v) is 1.67. The molecule has 0 bridgehead atoms. The minimum Gasteiger partial charge on any atom is -0.206 e. The van der Waals surface area contributed by atoms with Crippen LogP contribution in [0, 0.1) is 5.82 Å². The summed E-state index contributed by atoms with van der Waals surface area (Å²) in [5.74, 6) is -1.19. The summed E-state index contributed by atoms with van der Waals surface area (Å²) in [4.78, 5) is 0. The molecule has 0 nitrogen and oxygen atoms in total. The number of rotatable bonds is 3. The topological polar surface area (TPSA) is 0 Å². The van der Waals surface area contributed by atoms with Gasteiger partial charge in [-0.1, -0.05) is 26.3 Å². The first kappa shape index (κ1) is 13.0. The lowest BCUT2D eigenvalue weighted by atomic mass is 9.95. The molecule has 0 spiro atoms. The molecule has 16 heavy (non-hydrogen) atoms. The first-order chi connectivity index (χ1) is 7.36. The van der Waals surface area contributed by atoms with Crippen molar-refractivity contribution in [3.63, 3.8) is 0 Å². The Morgan fingerprint density at radius 3 is 2.38 bits per heavy atom. The van der Waals surface area contributed by atoms with Crippen LogP contribution in [0.3, 0.4) is 0 Å². The van der Waals surface area contributed by atoms with Gasteiger partial charge in [-0.15, -0.1) is 0 Å². The molecule has 0 aliphatic heterocycles. The second-order valence-electron chi connectivity index (χ2n) is 3.93. The maximum Gasteiger partial charge on any atom is 0.419 e. The summed E-state index contributed by atoms with van der Waals surface area (Å²) in [6.07, 6.45) is -2.94. The third-order valence-electron chi connectivity index (χ3n) is 2.59. The van der Waals surface area contributed by atoms with E-state index in [1.165, 1.54) is 6.07 Å². The summed E-state index contributed by atoms with van der Waals surface area (Å²) in [6, 6.07) is 3.23. The van der Waals surface area contributed by atoms with Crippen LogP contribution in [-0.2, 0) is 6.18 Å². The predicted octanol–water partition coefficient (Wildman–Crippen LogP) is 4.75. The summed E-state index contributed by atoms with van der Waals surface area (Å²) in [7, 11) is 0. The van der Waals surface area contributed by atoms with E-state index in [2.05, 4.69) is 0 Å². The Balaban J connectivity index is 3.07. The molecule has 0 aliphatic carbocycles. The number of hydrogen-bond acceptors (Lipinski definition) is 0. The van der Waals surface area contributed by atoms with E-state index in [-0.39, 0.29) is 5.92 Å². The average molecular weight is 234 g/mol. The van der Waals surface area contributed by atoms with E-state index < -0.39 is 17.6 Å². The minimum absolute atomic E-state index is 0.0201. The van der Waals surface area contributed by atoms with Crippen molar-refractivity contribution in [3.8, 4) is 0 Å². The monoisotopic (exact) mass is 234 g/mol. The molecule has 0 radical (unpaired) electrons. The highest BCUT2D eigenvalue weighted by molar-refractivity contribution is 5.29. The Morgan fingerprint density at radius 2 is 1.88 bits per heavy atom. The van der Waals surface area contributed by atoms with Crippen molar-refractivity contribution < 1.29 is 17.6 Å². The third-order valence-corrected chi connectivity index (χ3v) is 2.59. The van der Waals surface area contributed by atoms with Gasteiger partial charge in [0.2, 0.25) is 0 Å². The summed E-state index contributed by atoms with van der Waals surface area (Å²) >= 11 is 0. The fraction of sp³-hybridized carbons (Fsp3) is 0.500. The van der Waals surface area contributed by atoms with Crippen molar-refractivity contribution in [2.24, 2.45) is 0 Å². The number of alkyl halides is 3. The summed E-state index contributed by atoms with van der Waals surface area (Å²) < 4.78 is 50.3. The van der Waals surface area contributed by atoms with Crippen LogP contribution in [0.5, 0.6) is 0 Å². The Bertz CT molecular complexity index is 355. The van der Waals surface area contributed by atoms with Crippen LogP contribution in [-0.4, -0.2) is 0 Å². The van der Waals surface area contributed by atoms with Gasteiger partial charge in [-0.2, -0.15) is 13.2 Å². The molecule has 0 aliphatic rings. The van der Waals surface area contributed by atoms with Gasteiger partial charge in [0.25, 0.3) is 0 Å². The highest BCUT2D eigenvalue weighted by Gasteiger charge is 2.34. The molecule has 4 heteroatoms. The minimum atomic E-state index is -4.62. The van der Waals surface area contributed by atoms with Gasteiger partial charge < -0.3 is 0 Å². The largest absolute Gasteiger partial charge is 0.419 e. The molecule has 0 fully saturated rings. The zero-order valence-electron chi connectivity index (χ0n) is 9.24. The van der Waals surface area contributed by atoms with Gasteiger partial charge in [0.05, 0.1) is 5.56 Å². The predicted molar refractivity (Wildman–Crippen MR) is 54.7 cm³/mol. The number of hydrogen-bond donors (Lipinski definition) is 0. The second-order valence-corrected chi connectivity index (χ2v) is 3.93. The van der Waals surface area contributed by atoms with Crippen molar-refractivity contribution in [2.45, 2.75) is 38.8 Å². The van der Waals surface area contributed by atoms with Crippen LogP contribution >= 0.6 is 0 Å². The van der Waals surface area contributed by atoms with Crippen LogP contribution in [0.1, 0.15) is 43.7 Å². The smallest absolute Gasteiger partial charge is 0.206 e. The molecular formula is C12H14F4. The van der Waals surface area contributed by atoms with Crippen molar-refractivity contribution in [1.82, 2.24) is 0 Å². The van der Waals surface area contributed by atoms with E-state index in [1.807, 2.05) is 13.8 Å². The fourth-order valence-electron chi connectivity index (χ4n) is 1.67. The van der Waals surface area contributed by atoms with Crippen LogP contribution in [0.4, 0.5) is 17.6 Å². The lowest BCUT2D eigenvalue weighted by molar-refractivity contribution is -0.140. The maximum atomic E-state index is 13.0. The third kappa shape index (κ3) is 2.97. The summed E-state index contributed by atoms with van der Waals surface area (Å²) in [5.41, 5.74) is -0.636. The van der Waals surface area contributed by atoms with E-state index >= 15 is 0 Å². The highest BCUT2D eigenvalue weighted by atomic mass is 19.4. The molecule has 1 aromatic carbocycles. The molecule has 0 amide bonds. The standard InChI is InChI=1S/C12H14F4/c1-3-4-8(2)9-5-6-11(13)10(7-9)12(14,15)16/h5-8H,3-4H2,1-2H3. The van der Waals surface area contributed by atoms with Gasteiger partial charge in [-0.05, 0) is 30.0 Å². The molecule has 0 saturated carbocycles. The highest BCUT2D eigenvalue weighted by Crippen LogP contribution is 2.33. The van der Waals surface area contributed by atoms with Crippen molar-refractivity contribution in [2.75, 3.05) is 0 Å². The lowest BCUT2D eigenvalue weighted by Gasteiger charge is -2.14. The summed E-state index contributed by atoms with van der Waals surface area (Å²) in [5, 5.41) is 0. The van der Waals surface area contributed by atoms with E-state index in [1.54, 1.807) is 0 Å². The van der Waals surface area contributed by atoms with E-state index in [9.17, 15) is 17.6 Å². The van der Waals surface area contributed by atoms with E-state index in [0.717, 1.165) is 25.0 Å². The average Bonchev–Trinajstić information content (AvgIpc) is 2.16. The Hall–Kier alpha value is -1.06. The van der Waals surface area contributed by atoms with Gasteiger partial charge in [-0.25, -0.2) is 4.39 Å². The van der Waals surface area contributed by atoms with Crippen LogP contribution in [0.25, 0.3) is 0 Å². The van der Waals surface area contributed by atoms with Crippen molar-refractivity contribution in [3.05, 3.63) is 35.1 Å². The molecule has 0 N–H and O–H groups in total. The molecule has 1 rings (SSSR count). The molecule has 0 heterocycles. The number of benzene rings is 1. The molecule has 90 valence electrons. The zero-order valence-corrected chi connectivity index (χ0v) is 9.24. The summed E-state index contributed by atoms with van der Waals surface area (Å²) in [6.45, 7) is 3.81. The van der Waals surface area contributed by atoms with Crippen LogP contribution < -0.4 is 0 Å². The van der Waals surface area contributed by atoms with Gasteiger partial charge in [0, 0.05) is 0 Å². The van der Waals surface area contributed by atoms with Gasteiger partial charge in [0.1, 0.15) is 5.82 Å². The van der Waals surface area contributed by atoms with Crippen molar-refractivity contribution in [1.29, 1.82) is 0 Å². The van der Waals surface area contributed by atoms with E-state index in [0.29, 0.717) is 5.56 Å². The molecule has 0 saturated heterocycles. The molecule has 0 aromatic heterocycles. The van der Waals surface area contributed by atoms with E-state index in [4.69, 9.17) is 0 Å². The first-order valence-corrected chi connectivity index (χ1v) is 5.23. The van der Waals surface area contributed by atoms with Crippen LogP contribution in [0.2, 0.25) is 0 Å². The normalized spacial score (nSPS) is 13.9. The quantitative estimate of drug-likeness (QED) is 0.662. The van der Waals surface area contributed by atoms with Gasteiger partial charge >= 0.3 is 6.18 Å². The molecule has 1 unspecified atom stereocenters. The Kier molecular flexibility index (Phi) is 3.94. The van der Waals surface area contributed by atoms with Crippen molar-refractivity contribution >= 4 is 0 Å². The molecule has 1 aromatic rings. The number of halogens is 4.